The average Bonchev–Trinajstić information content (AvgIpc) is 3.17. The zero-order valence-electron chi connectivity index (χ0n) is 12.1. The second kappa shape index (κ2) is 6.36. The van der Waals surface area contributed by atoms with E-state index in [2.05, 4.69) is 24.1 Å². The van der Waals surface area contributed by atoms with E-state index in [-0.39, 0.29) is 0 Å². The molecule has 3 heteroatoms. The van der Waals surface area contributed by atoms with Crippen molar-refractivity contribution in [3.05, 3.63) is 0 Å². The van der Waals surface area contributed by atoms with Crippen molar-refractivity contribution < 1.29 is 5.11 Å². The number of likely N-dealkylation sites (tertiary alicyclic amines) is 1. The summed E-state index contributed by atoms with van der Waals surface area (Å²) in [5.74, 6) is 0.809. The zero-order valence-corrected chi connectivity index (χ0v) is 12.1. The number of aliphatic hydroxyl groups excluding tert-OH is 1. The first-order chi connectivity index (χ1) is 8.69. The van der Waals surface area contributed by atoms with Gasteiger partial charge in [0.25, 0.3) is 0 Å². The van der Waals surface area contributed by atoms with E-state index in [0.717, 1.165) is 18.9 Å². The number of piperidine rings is 1. The van der Waals surface area contributed by atoms with E-state index in [9.17, 15) is 0 Å². The Balaban J connectivity index is 1.72. The quantitative estimate of drug-likeness (QED) is 0.728. The summed E-state index contributed by atoms with van der Waals surface area (Å²) in [6, 6.07) is 0.621. The lowest BCUT2D eigenvalue weighted by atomic mass is 9.91. The normalized spacial score (nSPS) is 29.2. The number of nitrogens with one attached hydrogen (secondary N) is 1. The fourth-order valence-electron chi connectivity index (χ4n) is 3.26. The summed E-state index contributed by atoms with van der Waals surface area (Å²) < 4.78 is 0. The third kappa shape index (κ3) is 3.69. The molecule has 0 radical (unpaired) electrons. The molecule has 2 rings (SSSR count). The smallest absolute Gasteiger partial charge is 0.0436 e. The van der Waals surface area contributed by atoms with E-state index in [1.165, 1.54) is 45.3 Å². The number of hydrogen-bond acceptors (Lipinski definition) is 3. The molecule has 1 aliphatic heterocycles. The molecule has 2 atom stereocenters. The fraction of sp³-hybridized carbons (Fsp3) is 1.00. The van der Waals surface area contributed by atoms with Gasteiger partial charge in [0.2, 0.25) is 0 Å². The minimum atomic E-state index is 0.350. The molecule has 2 unspecified atom stereocenters. The second-order valence-electron chi connectivity index (χ2n) is 6.44. The summed E-state index contributed by atoms with van der Waals surface area (Å²) in [5.41, 5.74) is 0.447. The van der Waals surface area contributed by atoms with Crippen LogP contribution in [-0.2, 0) is 0 Å². The van der Waals surface area contributed by atoms with E-state index in [4.69, 9.17) is 5.11 Å². The first-order valence-corrected chi connectivity index (χ1v) is 7.76. The van der Waals surface area contributed by atoms with Crippen LogP contribution in [0.4, 0.5) is 0 Å². The molecule has 0 aromatic carbocycles. The van der Waals surface area contributed by atoms with Gasteiger partial charge >= 0.3 is 0 Å². The van der Waals surface area contributed by atoms with E-state index < -0.39 is 0 Å². The highest BCUT2D eigenvalue weighted by Crippen LogP contribution is 2.48. The van der Waals surface area contributed by atoms with Gasteiger partial charge in [-0.1, -0.05) is 6.92 Å². The molecule has 1 saturated heterocycles. The number of rotatable bonds is 7. The molecule has 0 bridgehead atoms. The highest BCUT2D eigenvalue weighted by Gasteiger charge is 2.41. The van der Waals surface area contributed by atoms with Crippen LogP contribution in [0.25, 0.3) is 0 Å². The van der Waals surface area contributed by atoms with Crippen LogP contribution in [0.3, 0.4) is 0 Å². The van der Waals surface area contributed by atoms with E-state index >= 15 is 0 Å². The Morgan fingerprint density at radius 2 is 2.22 bits per heavy atom. The maximum atomic E-state index is 9.09. The molecular weight excluding hydrogens is 224 g/mol. The Labute approximate surface area is 112 Å². The number of aliphatic hydroxyl groups is 1. The molecule has 1 heterocycles. The SMILES string of the molecule is CCN1CCCC(C(C)NCC2(CCO)CC2)C1. The minimum Gasteiger partial charge on any atom is -0.396 e. The van der Waals surface area contributed by atoms with Gasteiger partial charge in [-0.2, -0.15) is 0 Å². The lowest BCUT2D eigenvalue weighted by Gasteiger charge is -2.36. The van der Waals surface area contributed by atoms with Gasteiger partial charge in [0.05, 0.1) is 0 Å². The van der Waals surface area contributed by atoms with Crippen molar-refractivity contribution in [2.75, 3.05) is 32.8 Å². The van der Waals surface area contributed by atoms with Crippen LogP contribution in [-0.4, -0.2) is 48.8 Å². The Morgan fingerprint density at radius 1 is 1.44 bits per heavy atom. The third-order valence-electron chi connectivity index (χ3n) is 5.09. The fourth-order valence-corrected chi connectivity index (χ4v) is 3.26. The van der Waals surface area contributed by atoms with Gasteiger partial charge in [0.1, 0.15) is 0 Å². The molecule has 18 heavy (non-hydrogen) atoms. The van der Waals surface area contributed by atoms with Crippen LogP contribution in [0.1, 0.15) is 46.0 Å². The summed E-state index contributed by atoms with van der Waals surface area (Å²) in [7, 11) is 0. The molecule has 0 aromatic heterocycles. The zero-order chi connectivity index (χ0) is 13.0. The van der Waals surface area contributed by atoms with Gasteiger partial charge < -0.3 is 15.3 Å². The molecule has 2 N–H and O–H groups in total. The first kappa shape index (κ1) is 14.3. The highest BCUT2D eigenvalue weighted by molar-refractivity contribution is 4.95. The molecule has 0 spiro atoms. The van der Waals surface area contributed by atoms with Crippen LogP contribution in [0.2, 0.25) is 0 Å². The molecule has 2 fully saturated rings. The van der Waals surface area contributed by atoms with Crippen molar-refractivity contribution in [3.8, 4) is 0 Å². The Bertz CT molecular complexity index is 253. The molecule has 106 valence electrons. The van der Waals surface area contributed by atoms with E-state index in [1.807, 2.05) is 0 Å². The van der Waals surface area contributed by atoms with Crippen molar-refractivity contribution in [1.29, 1.82) is 0 Å². The standard InChI is InChI=1S/C15H30N2O/c1-3-17-9-4-5-14(11-17)13(2)16-12-15(6-7-15)8-10-18/h13-14,16,18H,3-12H2,1-2H3. The van der Waals surface area contributed by atoms with Gasteiger partial charge in [-0.05, 0) is 63.5 Å². The predicted molar refractivity (Wildman–Crippen MR) is 75.7 cm³/mol. The molecule has 0 aromatic rings. The summed E-state index contributed by atoms with van der Waals surface area (Å²) in [4.78, 5) is 2.58. The lowest BCUT2D eigenvalue weighted by Crippen LogP contribution is -2.45. The Morgan fingerprint density at radius 3 is 2.83 bits per heavy atom. The average molecular weight is 254 g/mol. The Hall–Kier alpha value is -0.120. The molecular formula is C15H30N2O. The van der Waals surface area contributed by atoms with Gasteiger partial charge in [-0.3, -0.25) is 0 Å². The first-order valence-electron chi connectivity index (χ1n) is 7.76. The van der Waals surface area contributed by atoms with Crippen molar-refractivity contribution >= 4 is 0 Å². The number of hydrogen-bond donors (Lipinski definition) is 2. The molecule has 0 amide bonds. The molecule has 1 aliphatic carbocycles. The third-order valence-corrected chi connectivity index (χ3v) is 5.09. The summed E-state index contributed by atoms with van der Waals surface area (Å²) >= 11 is 0. The Kier molecular flexibility index (Phi) is 5.05. The van der Waals surface area contributed by atoms with Crippen LogP contribution < -0.4 is 5.32 Å². The summed E-state index contributed by atoms with van der Waals surface area (Å²) in [5, 5.41) is 12.8. The van der Waals surface area contributed by atoms with Crippen molar-refractivity contribution in [1.82, 2.24) is 10.2 Å². The molecule has 2 aliphatic rings. The predicted octanol–water partition coefficient (Wildman–Crippen LogP) is 1.86. The van der Waals surface area contributed by atoms with Crippen molar-refractivity contribution in [2.24, 2.45) is 11.3 Å². The van der Waals surface area contributed by atoms with Gasteiger partial charge in [-0.25, -0.2) is 0 Å². The maximum Gasteiger partial charge on any atom is 0.0436 e. The monoisotopic (exact) mass is 254 g/mol. The van der Waals surface area contributed by atoms with Crippen LogP contribution >= 0.6 is 0 Å². The van der Waals surface area contributed by atoms with Crippen LogP contribution in [0, 0.1) is 11.3 Å². The highest BCUT2D eigenvalue weighted by atomic mass is 16.3. The maximum absolute atomic E-state index is 9.09. The van der Waals surface area contributed by atoms with Crippen LogP contribution in [0.5, 0.6) is 0 Å². The van der Waals surface area contributed by atoms with E-state index in [1.54, 1.807) is 0 Å². The molecule has 1 saturated carbocycles. The van der Waals surface area contributed by atoms with Gasteiger partial charge in [-0.15, -0.1) is 0 Å². The van der Waals surface area contributed by atoms with Gasteiger partial charge in [0, 0.05) is 25.7 Å². The van der Waals surface area contributed by atoms with Gasteiger partial charge in [0.15, 0.2) is 0 Å². The van der Waals surface area contributed by atoms with Crippen LogP contribution in [0.15, 0.2) is 0 Å². The largest absolute Gasteiger partial charge is 0.396 e. The van der Waals surface area contributed by atoms with Crippen molar-refractivity contribution in [2.45, 2.75) is 52.0 Å². The molecule has 3 nitrogen and oxygen atoms in total. The van der Waals surface area contributed by atoms with E-state index in [0.29, 0.717) is 18.1 Å². The summed E-state index contributed by atoms with van der Waals surface area (Å²) in [6.45, 7) is 9.81. The number of nitrogens with zero attached hydrogens (tertiary/aromatic N) is 1. The lowest BCUT2D eigenvalue weighted by molar-refractivity contribution is 0.152. The summed E-state index contributed by atoms with van der Waals surface area (Å²) in [6.07, 6.45) is 6.32. The van der Waals surface area contributed by atoms with Crippen molar-refractivity contribution in [3.63, 3.8) is 0 Å². The topological polar surface area (TPSA) is 35.5 Å². The minimum absolute atomic E-state index is 0.350. The second-order valence-corrected chi connectivity index (χ2v) is 6.44.